The molecular formula is C14H10N4S. The molecule has 19 heavy (non-hydrogen) atoms. The summed E-state index contributed by atoms with van der Waals surface area (Å²) in [6, 6.07) is 0. The quantitative estimate of drug-likeness (QED) is 0.662. The second kappa shape index (κ2) is 5.18. The van der Waals surface area contributed by atoms with Crippen LogP contribution in [0.3, 0.4) is 0 Å². The average molecular weight is 266 g/mol. The highest BCUT2D eigenvalue weighted by Gasteiger charge is 2.07. The molecule has 92 valence electrons. The van der Waals surface area contributed by atoms with Gasteiger partial charge in [0.1, 0.15) is 6.33 Å². The normalized spacial score (nSPS) is 20.9. The summed E-state index contributed by atoms with van der Waals surface area (Å²) in [5.41, 5.74) is 4.72. The number of hydrogen-bond acceptors (Lipinski definition) is 5. The van der Waals surface area contributed by atoms with Crippen molar-refractivity contribution in [3.05, 3.63) is 63.2 Å². The maximum atomic E-state index is 4.52. The van der Waals surface area contributed by atoms with Crippen LogP contribution in [0.4, 0.5) is 0 Å². The number of aromatic nitrogens is 2. The van der Waals surface area contributed by atoms with Gasteiger partial charge in [0.2, 0.25) is 0 Å². The van der Waals surface area contributed by atoms with E-state index in [0.717, 1.165) is 20.6 Å². The van der Waals surface area contributed by atoms with Crippen molar-refractivity contribution in [2.75, 3.05) is 6.54 Å². The van der Waals surface area contributed by atoms with Gasteiger partial charge in [-0.15, -0.1) is 0 Å². The van der Waals surface area contributed by atoms with Gasteiger partial charge in [-0.25, -0.2) is 9.97 Å². The summed E-state index contributed by atoms with van der Waals surface area (Å²) in [6.45, 7) is 4.58. The van der Waals surface area contributed by atoms with Crippen LogP contribution in [-0.4, -0.2) is 22.7 Å². The van der Waals surface area contributed by atoms with Gasteiger partial charge in [-0.2, -0.15) is 0 Å². The van der Waals surface area contributed by atoms with Crippen molar-refractivity contribution < 1.29 is 0 Å². The van der Waals surface area contributed by atoms with Gasteiger partial charge in [0.15, 0.2) is 5.49 Å². The molecule has 0 unspecified atom stereocenters. The molecule has 0 fully saturated rings. The Balaban J connectivity index is 2.18. The standard InChI is InChI=1S/C14H10N4S/c1-10-5-11-6-16-9-18-14(11)17-8-12-7-15-4-2-3-13(12)19-10/h3-7,9H,1,8H2/b11-5-,17-14+. The lowest BCUT2D eigenvalue weighted by molar-refractivity contribution is 0.986. The predicted octanol–water partition coefficient (Wildman–Crippen LogP) is 1.14. The van der Waals surface area contributed by atoms with E-state index in [1.807, 2.05) is 18.4 Å². The lowest BCUT2D eigenvalue weighted by Gasteiger charge is -2.04. The molecule has 0 aliphatic carbocycles. The van der Waals surface area contributed by atoms with E-state index in [2.05, 4.69) is 32.3 Å². The zero-order valence-electron chi connectivity index (χ0n) is 10.1. The van der Waals surface area contributed by atoms with Crippen LogP contribution in [0.15, 0.2) is 62.5 Å². The third kappa shape index (κ3) is 2.62. The van der Waals surface area contributed by atoms with Crippen LogP contribution in [0, 0.1) is 0 Å². The SMILES string of the molecule is C=C1/C=c2/cncn/c2=N/CC2=C(C=C=CN=C2)S1. The molecule has 0 saturated heterocycles. The molecule has 0 spiro atoms. The van der Waals surface area contributed by atoms with Gasteiger partial charge in [-0.05, 0) is 12.2 Å². The second-order valence-electron chi connectivity index (χ2n) is 3.94. The van der Waals surface area contributed by atoms with Gasteiger partial charge in [-0.3, -0.25) is 9.98 Å². The van der Waals surface area contributed by atoms with Gasteiger partial charge in [0.25, 0.3) is 0 Å². The van der Waals surface area contributed by atoms with Crippen molar-refractivity contribution >= 4 is 24.1 Å². The van der Waals surface area contributed by atoms with Crippen molar-refractivity contribution in [3.63, 3.8) is 0 Å². The molecule has 0 N–H and O–H groups in total. The number of hydrogen-bond donors (Lipinski definition) is 0. The van der Waals surface area contributed by atoms with Crippen molar-refractivity contribution in [2.24, 2.45) is 9.98 Å². The van der Waals surface area contributed by atoms with Crippen LogP contribution in [0.25, 0.3) is 6.08 Å². The minimum Gasteiger partial charge on any atom is -0.261 e. The monoisotopic (exact) mass is 266 g/mol. The van der Waals surface area contributed by atoms with Crippen LogP contribution in [0.1, 0.15) is 0 Å². The Morgan fingerprint density at radius 1 is 1.37 bits per heavy atom. The highest BCUT2D eigenvalue weighted by molar-refractivity contribution is 8.07. The molecular weight excluding hydrogens is 256 g/mol. The summed E-state index contributed by atoms with van der Waals surface area (Å²) in [5.74, 6) is 0. The smallest absolute Gasteiger partial charge is 0.158 e. The summed E-state index contributed by atoms with van der Waals surface area (Å²) in [7, 11) is 0. The Kier molecular flexibility index (Phi) is 3.23. The Labute approximate surface area is 114 Å². The number of rotatable bonds is 0. The van der Waals surface area contributed by atoms with E-state index in [4.69, 9.17) is 0 Å². The fourth-order valence-electron chi connectivity index (χ4n) is 1.73. The summed E-state index contributed by atoms with van der Waals surface area (Å²) in [4.78, 5) is 18.9. The van der Waals surface area contributed by atoms with Crippen LogP contribution < -0.4 is 10.7 Å². The molecule has 2 aliphatic rings. The summed E-state index contributed by atoms with van der Waals surface area (Å²) in [6.07, 6.45) is 10.5. The lowest BCUT2D eigenvalue weighted by Crippen LogP contribution is -2.29. The van der Waals surface area contributed by atoms with Gasteiger partial charge < -0.3 is 0 Å². The van der Waals surface area contributed by atoms with E-state index in [9.17, 15) is 0 Å². The zero-order valence-corrected chi connectivity index (χ0v) is 10.9. The molecule has 2 aliphatic heterocycles. The Hall–Kier alpha value is -2.23. The minimum absolute atomic E-state index is 0.531. The highest BCUT2D eigenvalue weighted by Crippen LogP contribution is 2.29. The topological polar surface area (TPSA) is 50.5 Å². The molecule has 0 atom stereocenters. The molecule has 5 heteroatoms. The highest BCUT2D eigenvalue weighted by atomic mass is 32.2. The summed E-state index contributed by atoms with van der Waals surface area (Å²) >= 11 is 1.58. The van der Waals surface area contributed by atoms with Gasteiger partial charge >= 0.3 is 0 Å². The van der Waals surface area contributed by atoms with Crippen molar-refractivity contribution in [1.29, 1.82) is 0 Å². The van der Waals surface area contributed by atoms with Crippen molar-refractivity contribution in [2.45, 2.75) is 0 Å². The maximum Gasteiger partial charge on any atom is 0.158 e. The Morgan fingerprint density at radius 3 is 3.26 bits per heavy atom. The fourth-order valence-corrected chi connectivity index (χ4v) is 2.57. The number of thioether (sulfide) groups is 1. The molecule has 3 heterocycles. The Morgan fingerprint density at radius 2 is 2.32 bits per heavy atom. The van der Waals surface area contributed by atoms with Crippen LogP contribution >= 0.6 is 11.8 Å². The Bertz CT molecular complexity index is 780. The number of aliphatic imine (C=N–C) groups is 1. The van der Waals surface area contributed by atoms with Crippen molar-refractivity contribution in [1.82, 2.24) is 9.97 Å². The number of nitrogens with zero attached hydrogens (tertiary/aromatic N) is 4. The van der Waals surface area contributed by atoms with E-state index < -0.39 is 0 Å². The van der Waals surface area contributed by atoms with E-state index in [1.54, 1.807) is 24.2 Å². The first kappa shape index (κ1) is 11.8. The minimum atomic E-state index is 0.531. The predicted molar refractivity (Wildman–Crippen MR) is 77.0 cm³/mol. The molecule has 0 bridgehead atoms. The summed E-state index contributed by atoms with van der Waals surface area (Å²) in [5, 5.41) is 0.883. The van der Waals surface area contributed by atoms with E-state index >= 15 is 0 Å². The van der Waals surface area contributed by atoms with Gasteiger partial charge in [0, 0.05) is 33.0 Å². The van der Waals surface area contributed by atoms with Crippen LogP contribution in [0.5, 0.6) is 0 Å². The van der Waals surface area contributed by atoms with Crippen LogP contribution in [0.2, 0.25) is 0 Å². The van der Waals surface area contributed by atoms with E-state index in [-0.39, 0.29) is 0 Å². The number of fused-ring (bicyclic) bond motifs is 1. The second-order valence-corrected chi connectivity index (χ2v) is 5.11. The molecule has 0 saturated carbocycles. The number of allylic oxidation sites excluding steroid dienone is 2. The van der Waals surface area contributed by atoms with Crippen molar-refractivity contribution in [3.8, 4) is 0 Å². The largest absolute Gasteiger partial charge is 0.261 e. The molecule has 4 nitrogen and oxygen atoms in total. The van der Waals surface area contributed by atoms with Gasteiger partial charge in [0.05, 0.1) is 12.7 Å². The third-order valence-corrected chi connectivity index (χ3v) is 3.57. The molecule has 0 amide bonds. The fraction of sp³-hybridized carbons (Fsp3) is 0.0714. The van der Waals surface area contributed by atoms with E-state index in [1.165, 1.54) is 6.33 Å². The third-order valence-electron chi connectivity index (χ3n) is 2.59. The zero-order chi connectivity index (χ0) is 13.1. The first-order chi connectivity index (χ1) is 9.33. The lowest BCUT2D eigenvalue weighted by atomic mass is 10.2. The maximum absolute atomic E-state index is 4.52. The van der Waals surface area contributed by atoms with E-state index in [0.29, 0.717) is 12.0 Å². The summed E-state index contributed by atoms with van der Waals surface area (Å²) < 4.78 is 0. The first-order valence-electron chi connectivity index (χ1n) is 5.69. The molecule has 3 rings (SSSR count). The molecule has 1 aromatic rings. The molecule has 0 aromatic carbocycles. The molecule has 0 radical (unpaired) electrons. The average Bonchev–Trinajstić information content (AvgIpc) is 2.59. The molecule has 1 aromatic heterocycles. The van der Waals surface area contributed by atoms with Crippen LogP contribution in [-0.2, 0) is 0 Å². The van der Waals surface area contributed by atoms with Gasteiger partial charge in [-0.1, -0.05) is 24.1 Å². The first-order valence-corrected chi connectivity index (χ1v) is 6.51.